The largest absolute Gasteiger partial charge is 0.325 e. The van der Waals surface area contributed by atoms with Crippen molar-refractivity contribution in [2.24, 2.45) is 5.73 Å². The number of nitrogens with zero attached hydrogens (tertiary/aromatic N) is 5. The zero-order valence-electron chi connectivity index (χ0n) is 10.5. The molecule has 6 heteroatoms. The summed E-state index contributed by atoms with van der Waals surface area (Å²) in [4.78, 5) is 4.97. The van der Waals surface area contributed by atoms with Crippen LogP contribution < -0.4 is 5.73 Å². The molecule has 1 aliphatic rings. The van der Waals surface area contributed by atoms with Crippen LogP contribution in [0.4, 0.5) is 0 Å². The van der Waals surface area contributed by atoms with Gasteiger partial charge in [-0.2, -0.15) is 0 Å². The smallest absolute Gasteiger partial charge is 0.0962 e. The summed E-state index contributed by atoms with van der Waals surface area (Å²) in [6, 6.07) is 0. The van der Waals surface area contributed by atoms with Crippen LogP contribution in [0.25, 0.3) is 0 Å². The van der Waals surface area contributed by atoms with Gasteiger partial charge in [-0.05, 0) is 6.54 Å². The minimum absolute atomic E-state index is 0.467. The van der Waals surface area contributed by atoms with Crippen LogP contribution >= 0.6 is 0 Å². The first-order valence-corrected chi connectivity index (χ1v) is 6.35. The summed E-state index contributed by atoms with van der Waals surface area (Å²) in [7, 11) is 0. The van der Waals surface area contributed by atoms with Gasteiger partial charge in [-0.15, -0.1) is 5.10 Å². The minimum atomic E-state index is 0.467. The van der Waals surface area contributed by atoms with E-state index in [1.54, 1.807) is 0 Å². The van der Waals surface area contributed by atoms with E-state index in [0.717, 1.165) is 38.4 Å². The topological polar surface area (TPSA) is 63.2 Å². The molecule has 1 fully saturated rings. The average Bonchev–Trinajstić information content (AvgIpc) is 2.85. The van der Waals surface area contributed by atoms with Crippen molar-refractivity contribution in [1.82, 2.24) is 24.8 Å². The van der Waals surface area contributed by atoms with Gasteiger partial charge in [-0.1, -0.05) is 12.1 Å². The molecule has 0 aromatic carbocycles. The van der Waals surface area contributed by atoms with Gasteiger partial charge in [-0.3, -0.25) is 9.58 Å². The molecule has 96 valence electrons. The summed E-state index contributed by atoms with van der Waals surface area (Å²) in [5.74, 6) is 0. The Labute approximate surface area is 102 Å². The van der Waals surface area contributed by atoms with Crippen molar-refractivity contribution >= 4 is 0 Å². The molecule has 0 spiro atoms. The molecular formula is C11H22N6. The fourth-order valence-corrected chi connectivity index (χ4v) is 2.11. The fourth-order valence-electron chi connectivity index (χ4n) is 2.11. The third-order valence-corrected chi connectivity index (χ3v) is 3.35. The first kappa shape index (κ1) is 12.5. The van der Waals surface area contributed by atoms with Crippen molar-refractivity contribution in [3.63, 3.8) is 0 Å². The molecule has 0 bridgehead atoms. The maximum absolute atomic E-state index is 5.50. The highest BCUT2D eigenvalue weighted by Crippen LogP contribution is 2.01. The molecule has 2 N–H and O–H groups in total. The Morgan fingerprint density at radius 3 is 2.47 bits per heavy atom. The van der Waals surface area contributed by atoms with Gasteiger partial charge in [0, 0.05) is 45.5 Å². The molecule has 0 radical (unpaired) electrons. The Balaban J connectivity index is 1.72. The van der Waals surface area contributed by atoms with Crippen LogP contribution in [-0.4, -0.2) is 64.1 Å². The second kappa shape index (κ2) is 6.09. The lowest BCUT2D eigenvalue weighted by Gasteiger charge is -2.33. The second-order valence-electron chi connectivity index (χ2n) is 4.45. The molecule has 0 unspecified atom stereocenters. The Hall–Kier alpha value is -0.980. The van der Waals surface area contributed by atoms with Crippen molar-refractivity contribution in [3.05, 3.63) is 11.9 Å². The van der Waals surface area contributed by atoms with Crippen LogP contribution in [0.1, 0.15) is 12.6 Å². The molecule has 1 aromatic rings. The van der Waals surface area contributed by atoms with E-state index in [2.05, 4.69) is 27.0 Å². The molecule has 0 atom stereocenters. The number of likely N-dealkylation sites (N-methyl/N-ethyl adjacent to an activating group) is 1. The van der Waals surface area contributed by atoms with Gasteiger partial charge in [0.05, 0.1) is 12.2 Å². The van der Waals surface area contributed by atoms with Crippen LogP contribution in [0.3, 0.4) is 0 Å². The maximum atomic E-state index is 5.50. The SMILES string of the molecule is CCN1CCN(CCn2cc(CN)nn2)CC1. The van der Waals surface area contributed by atoms with Crippen LogP contribution in [0.15, 0.2) is 6.20 Å². The molecule has 2 rings (SSSR count). The predicted molar refractivity (Wildman–Crippen MR) is 66.5 cm³/mol. The number of hydrogen-bond acceptors (Lipinski definition) is 5. The highest BCUT2D eigenvalue weighted by molar-refractivity contribution is 4.90. The van der Waals surface area contributed by atoms with E-state index in [0.29, 0.717) is 6.54 Å². The number of rotatable bonds is 5. The molecule has 1 aromatic heterocycles. The number of hydrogen-bond donors (Lipinski definition) is 1. The van der Waals surface area contributed by atoms with Crippen molar-refractivity contribution in [1.29, 1.82) is 0 Å². The summed E-state index contributed by atoms with van der Waals surface area (Å²) in [5.41, 5.74) is 6.36. The Bertz CT molecular complexity index is 328. The molecule has 6 nitrogen and oxygen atoms in total. The van der Waals surface area contributed by atoms with Gasteiger partial charge in [0.1, 0.15) is 0 Å². The summed E-state index contributed by atoms with van der Waals surface area (Å²) in [6.45, 7) is 10.5. The molecule has 1 aliphatic heterocycles. The van der Waals surface area contributed by atoms with Gasteiger partial charge < -0.3 is 10.6 Å². The van der Waals surface area contributed by atoms with Crippen molar-refractivity contribution in [2.45, 2.75) is 20.0 Å². The summed E-state index contributed by atoms with van der Waals surface area (Å²) < 4.78 is 1.88. The third-order valence-electron chi connectivity index (χ3n) is 3.35. The monoisotopic (exact) mass is 238 g/mol. The lowest BCUT2D eigenvalue weighted by atomic mass is 10.3. The van der Waals surface area contributed by atoms with E-state index in [1.165, 1.54) is 13.1 Å². The van der Waals surface area contributed by atoms with Gasteiger partial charge >= 0.3 is 0 Å². The molecule has 0 amide bonds. The van der Waals surface area contributed by atoms with E-state index in [-0.39, 0.29) is 0 Å². The van der Waals surface area contributed by atoms with E-state index in [4.69, 9.17) is 5.73 Å². The molecule has 2 heterocycles. The van der Waals surface area contributed by atoms with E-state index >= 15 is 0 Å². The zero-order chi connectivity index (χ0) is 12.1. The molecular weight excluding hydrogens is 216 g/mol. The van der Waals surface area contributed by atoms with Crippen LogP contribution in [0.5, 0.6) is 0 Å². The summed E-state index contributed by atoms with van der Waals surface area (Å²) in [5, 5.41) is 8.04. The zero-order valence-corrected chi connectivity index (χ0v) is 10.5. The normalized spacial score (nSPS) is 18.7. The maximum Gasteiger partial charge on any atom is 0.0962 e. The first-order chi connectivity index (χ1) is 8.31. The van der Waals surface area contributed by atoms with Crippen molar-refractivity contribution in [2.75, 3.05) is 39.3 Å². The van der Waals surface area contributed by atoms with Gasteiger partial charge in [0.25, 0.3) is 0 Å². The lowest BCUT2D eigenvalue weighted by molar-refractivity contribution is 0.132. The Kier molecular flexibility index (Phi) is 4.47. The van der Waals surface area contributed by atoms with Crippen LogP contribution in [0, 0.1) is 0 Å². The molecule has 0 saturated carbocycles. The number of aromatic nitrogens is 3. The molecule has 1 saturated heterocycles. The fraction of sp³-hybridized carbons (Fsp3) is 0.818. The lowest BCUT2D eigenvalue weighted by Crippen LogP contribution is -2.46. The van der Waals surface area contributed by atoms with E-state index in [9.17, 15) is 0 Å². The highest BCUT2D eigenvalue weighted by atomic mass is 15.4. The van der Waals surface area contributed by atoms with Crippen molar-refractivity contribution in [3.8, 4) is 0 Å². The number of nitrogens with two attached hydrogens (primary N) is 1. The predicted octanol–water partition coefficient (Wildman–Crippen LogP) is -0.626. The van der Waals surface area contributed by atoms with Crippen LogP contribution in [0.2, 0.25) is 0 Å². The van der Waals surface area contributed by atoms with E-state index < -0.39 is 0 Å². The summed E-state index contributed by atoms with van der Waals surface area (Å²) in [6.07, 6.45) is 1.93. The van der Waals surface area contributed by atoms with Gasteiger partial charge in [0.2, 0.25) is 0 Å². The second-order valence-corrected chi connectivity index (χ2v) is 4.45. The third kappa shape index (κ3) is 3.49. The Morgan fingerprint density at radius 2 is 1.88 bits per heavy atom. The number of piperazine rings is 1. The first-order valence-electron chi connectivity index (χ1n) is 6.35. The Morgan fingerprint density at radius 1 is 1.18 bits per heavy atom. The quantitative estimate of drug-likeness (QED) is 0.740. The van der Waals surface area contributed by atoms with Crippen molar-refractivity contribution < 1.29 is 0 Å². The summed E-state index contributed by atoms with van der Waals surface area (Å²) >= 11 is 0. The average molecular weight is 238 g/mol. The van der Waals surface area contributed by atoms with E-state index in [1.807, 2.05) is 10.9 Å². The highest BCUT2D eigenvalue weighted by Gasteiger charge is 2.14. The van der Waals surface area contributed by atoms with Gasteiger partial charge in [0.15, 0.2) is 0 Å². The van der Waals surface area contributed by atoms with Gasteiger partial charge in [-0.25, -0.2) is 0 Å². The molecule has 17 heavy (non-hydrogen) atoms. The van der Waals surface area contributed by atoms with Crippen LogP contribution in [-0.2, 0) is 13.1 Å². The molecule has 0 aliphatic carbocycles. The standard InChI is InChI=1S/C11H22N6/c1-2-15-3-5-16(6-4-15)7-8-17-10-11(9-12)13-14-17/h10H,2-9,12H2,1H3. The minimum Gasteiger partial charge on any atom is -0.325 e.